The van der Waals surface area contributed by atoms with Crippen LogP contribution in [0, 0.1) is 5.92 Å². The van der Waals surface area contributed by atoms with Gasteiger partial charge in [-0.3, -0.25) is 10.1 Å². The summed E-state index contributed by atoms with van der Waals surface area (Å²) in [4.78, 5) is 27.0. The number of aromatic nitrogens is 2. The van der Waals surface area contributed by atoms with Crippen LogP contribution in [0.5, 0.6) is 0 Å². The van der Waals surface area contributed by atoms with Gasteiger partial charge in [0.2, 0.25) is 11.7 Å². The number of imide groups is 1. The van der Waals surface area contributed by atoms with Crippen LogP contribution < -0.4 is 10.6 Å². The van der Waals surface area contributed by atoms with Gasteiger partial charge in [0, 0.05) is 6.54 Å². The summed E-state index contributed by atoms with van der Waals surface area (Å²) in [6.07, 6.45) is -4.71. The fourth-order valence-electron chi connectivity index (χ4n) is 2.10. The maximum absolute atomic E-state index is 13.1. The Labute approximate surface area is 136 Å². The largest absolute Gasteiger partial charge is 0.449 e. The third-order valence-electron chi connectivity index (χ3n) is 3.13. The van der Waals surface area contributed by atoms with Gasteiger partial charge in [-0.1, -0.05) is 26.0 Å². The summed E-state index contributed by atoms with van der Waals surface area (Å²) in [5.74, 6) is -1.85. The zero-order valence-electron chi connectivity index (χ0n) is 13.1. The molecule has 0 saturated heterocycles. The minimum Gasteiger partial charge on any atom is -0.338 e. The molecule has 0 atom stereocenters. The van der Waals surface area contributed by atoms with E-state index in [1.165, 1.54) is 12.1 Å². The molecule has 2 aromatic rings. The third kappa shape index (κ3) is 4.24. The van der Waals surface area contributed by atoms with Crippen molar-refractivity contribution >= 4 is 23.0 Å². The second-order valence-corrected chi connectivity index (χ2v) is 5.66. The number of amides is 3. The van der Waals surface area contributed by atoms with Crippen LogP contribution in [-0.4, -0.2) is 28.0 Å². The average molecular weight is 342 g/mol. The van der Waals surface area contributed by atoms with Crippen molar-refractivity contribution in [2.45, 2.75) is 26.6 Å². The molecule has 9 heteroatoms. The Morgan fingerprint density at radius 1 is 1.25 bits per heavy atom. The standard InChI is InChI=1S/C15H17F3N4O2/c1-9(2)7-19-14(24)21-12(23)8-22-11-6-4-3-5-10(11)20-13(22)15(16,17)18/h3-6,9H,7-8H2,1-2H3,(H2,19,21,23,24). The van der Waals surface area contributed by atoms with Gasteiger partial charge >= 0.3 is 12.2 Å². The summed E-state index contributed by atoms with van der Waals surface area (Å²) in [5, 5.41) is 4.47. The fraction of sp³-hybridized carbons (Fsp3) is 0.400. The predicted molar refractivity (Wildman–Crippen MR) is 81.1 cm³/mol. The molecule has 0 radical (unpaired) electrons. The van der Waals surface area contributed by atoms with E-state index in [0.717, 1.165) is 4.57 Å². The highest BCUT2D eigenvalue weighted by atomic mass is 19.4. The number of imidazole rings is 1. The molecule has 0 fully saturated rings. The minimum absolute atomic E-state index is 0.127. The van der Waals surface area contributed by atoms with Crippen molar-refractivity contribution in [1.82, 2.24) is 20.2 Å². The topological polar surface area (TPSA) is 76.0 Å². The molecule has 6 nitrogen and oxygen atoms in total. The second-order valence-electron chi connectivity index (χ2n) is 5.66. The van der Waals surface area contributed by atoms with Gasteiger partial charge in [-0.2, -0.15) is 13.2 Å². The van der Waals surface area contributed by atoms with Crippen molar-refractivity contribution in [3.05, 3.63) is 30.1 Å². The van der Waals surface area contributed by atoms with E-state index in [4.69, 9.17) is 0 Å². The zero-order valence-corrected chi connectivity index (χ0v) is 13.1. The van der Waals surface area contributed by atoms with Crippen molar-refractivity contribution in [1.29, 1.82) is 0 Å². The van der Waals surface area contributed by atoms with Gasteiger partial charge in [-0.05, 0) is 18.1 Å². The van der Waals surface area contributed by atoms with Gasteiger partial charge in [0.15, 0.2) is 0 Å². The van der Waals surface area contributed by atoms with Crippen molar-refractivity contribution in [2.75, 3.05) is 6.54 Å². The van der Waals surface area contributed by atoms with Crippen LogP contribution in [0.1, 0.15) is 19.7 Å². The number of nitrogens with one attached hydrogen (secondary N) is 2. The van der Waals surface area contributed by atoms with E-state index >= 15 is 0 Å². The van der Waals surface area contributed by atoms with E-state index < -0.39 is 30.5 Å². The molecule has 3 amide bonds. The van der Waals surface area contributed by atoms with Crippen LogP contribution in [0.25, 0.3) is 11.0 Å². The van der Waals surface area contributed by atoms with Gasteiger partial charge < -0.3 is 9.88 Å². The Balaban J connectivity index is 2.19. The summed E-state index contributed by atoms with van der Waals surface area (Å²) in [7, 11) is 0. The number of hydrogen-bond acceptors (Lipinski definition) is 3. The summed E-state index contributed by atoms with van der Waals surface area (Å²) in [5.41, 5.74) is 0.296. The average Bonchev–Trinajstić information content (AvgIpc) is 2.84. The summed E-state index contributed by atoms with van der Waals surface area (Å²) in [6, 6.07) is 5.22. The van der Waals surface area contributed by atoms with E-state index in [1.807, 2.05) is 19.2 Å². The van der Waals surface area contributed by atoms with Crippen molar-refractivity contribution in [3.63, 3.8) is 0 Å². The van der Waals surface area contributed by atoms with Crippen LogP contribution in [0.15, 0.2) is 24.3 Å². The maximum Gasteiger partial charge on any atom is 0.449 e. The molecule has 0 spiro atoms. The number of nitrogens with zero attached hydrogens (tertiary/aromatic N) is 2. The Morgan fingerprint density at radius 3 is 2.54 bits per heavy atom. The molecule has 0 unspecified atom stereocenters. The molecule has 24 heavy (non-hydrogen) atoms. The molecule has 0 saturated carbocycles. The Hall–Kier alpha value is -2.58. The van der Waals surface area contributed by atoms with E-state index in [2.05, 4.69) is 10.3 Å². The minimum atomic E-state index is -4.71. The predicted octanol–water partition coefficient (Wildman–Crippen LogP) is 2.54. The highest BCUT2D eigenvalue weighted by Crippen LogP contribution is 2.31. The number of halogens is 3. The third-order valence-corrected chi connectivity index (χ3v) is 3.13. The number of carbonyl (C=O) groups is 2. The van der Waals surface area contributed by atoms with Crippen molar-refractivity contribution in [3.8, 4) is 0 Å². The number of benzene rings is 1. The molecule has 0 bridgehead atoms. The lowest BCUT2D eigenvalue weighted by Gasteiger charge is -2.12. The van der Waals surface area contributed by atoms with Crippen LogP contribution in [0.4, 0.5) is 18.0 Å². The summed E-state index contributed by atoms with van der Waals surface area (Å²) < 4.78 is 40.1. The number of alkyl halides is 3. The van der Waals surface area contributed by atoms with E-state index in [1.54, 1.807) is 12.1 Å². The summed E-state index contributed by atoms with van der Waals surface area (Å²) in [6.45, 7) is 3.43. The Bertz CT molecular complexity index is 753. The molecule has 130 valence electrons. The van der Waals surface area contributed by atoms with Gasteiger partial charge in [0.25, 0.3) is 0 Å². The second kappa shape index (κ2) is 6.90. The lowest BCUT2D eigenvalue weighted by molar-refractivity contribution is -0.147. The number of rotatable bonds is 4. The van der Waals surface area contributed by atoms with E-state index in [0.29, 0.717) is 6.54 Å². The molecule has 0 aliphatic heterocycles. The molecular weight excluding hydrogens is 325 g/mol. The SMILES string of the molecule is CC(C)CNC(=O)NC(=O)Cn1c(C(F)(F)F)nc2ccccc21. The molecular formula is C15H17F3N4O2. The van der Waals surface area contributed by atoms with E-state index in [9.17, 15) is 22.8 Å². The first-order valence-corrected chi connectivity index (χ1v) is 7.28. The fourth-order valence-corrected chi connectivity index (χ4v) is 2.10. The van der Waals surface area contributed by atoms with Gasteiger partial charge in [-0.15, -0.1) is 0 Å². The molecule has 2 N–H and O–H groups in total. The Morgan fingerprint density at radius 2 is 1.92 bits per heavy atom. The molecule has 1 aromatic heterocycles. The molecule has 0 aliphatic carbocycles. The van der Waals surface area contributed by atoms with Crippen LogP contribution in [0.3, 0.4) is 0 Å². The smallest absolute Gasteiger partial charge is 0.338 e. The number of carbonyl (C=O) groups excluding carboxylic acids is 2. The van der Waals surface area contributed by atoms with Crippen LogP contribution in [-0.2, 0) is 17.5 Å². The molecule has 1 aromatic carbocycles. The summed E-state index contributed by atoms with van der Waals surface area (Å²) >= 11 is 0. The number of fused-ring (bicyclic) bond motifs is 1. The monoisotopic (exact) mass is 342 g/mol. The number of para-hydroxylation sites is 2. The number of hydrogen-bond donors (Lipinski definition) is 2. The molecule has 1 heterocycles. The normalized spacial score (nSPS) is 11.8. The van der Waals surface area contributed by atoms with E-state index in [-0.39, 0.29) is 17.0 Å². The Kier molecular flexibility index (Phi) is 5.10. The molecule has 2 rings (SSSR count). The lowest BCUT2D eigenvalue weighted by atomic mass is 10.2. The first-order valence-electron chi connectivity index (χ1n) is 7.28. The van der Waals surface area contributed by atoms with Crippen LogP contribution >= 0.6 is 0 Å². The lowest BCUT2D eigenvalue weighted by Crippen LogP contribution is -2.42. The first kappa shape index (κ1) is 17.8. The van der Waals surface area contributed by atoms with Gasteiger partial charge in [-0.25, -0.2) is 9.78 Å². The number of urea groups is 1. The van der Waals surface area contributed by atoms with Crippen molar-refractivity contribution < 1.29 is 22.8 Å². The quantitative estimate of drug-likeness (QED) is 0.896. The highest BCUT2D eigenvalue weighted by Gasteiger charge is 2.38. The maximum atomic E-state index is 13.1. The van der Waals surface area contributed by atoms with Crippen molar-refractivity contribution in [2.24, 2.45) is 5.92 Å². The van der Waals surface area contributed by atoms with Gasteiger partial charge in [0.05, 0.1) is 11.0 Å². The van der Waals surface area contributed by atoms with Gasteiger partial charge in [0.1, 0.15) is 6.54 Å². The zero-order chi connectivity index (χ0) is 17.9. The first-order chi connectivity index (χ1) is 11.2. The van der Waals surface area contributed by atoms with Crippen LogP contribution in [0.2, 0.25) is 0 Å². The molecule has 0 aliphatic rings. The highest BCUT2D eigenvalue weighted by molar-refractivity contribution is 5.94.